The Kier molecular flexibility index (Phi) is 3.73. The van der Waals surface area contributed by atoms with Gasteiger partial charge in [-0.1, -0.05) is 0 Å². The van der Waals surface area contributed by atoms with Crippen LogP contribution in [0.3, 0.4) is 0 Å². The zero-order valence-corrected chi connectivity index (χ0v) is 10.1. The van der Waals surface area contributed by atoms with E-state index in [-0.39, 0.29) is 11.6 Å². The number of nitrogen functional groups attached to an aromatic ring is 1. The Morgan fingerprint density at radius 3 is 2.89 bits per heavy atom. The summed E-state index contributed by atoms with van der Waals surface area (Å²) >= 11 is 0. The number of nitrogens with one attached hydrogen (secondary N) is 1. The van der Waals surface area contributed by atoms with Gasteiger partial charge >= 0.3 is 0 Å². The van der Waals surface area contributed by atoms with E-state index in [4.69, 9.17) is 11.0 Å². The minimum atomic E-state index is -0.287. The molecule has 2 heterocycles. The summed E-state index contributed by atoms with van der Waals surface area (Å²) in [7, 11) is 0. The van der Waals surface area contributed by atoms with Crippen molar-refractivity contribution in [1.82, 2.24) is 20.1 Å². The average Bonchev–Trinajstić information content (AvgIpc) is 2.84. The lowest BCUT2D eigenvalue weighted by atomic mass is 10.2. The van der Waals surface area contributed by atoms with Gasteiger partial charge in [0.2, 0.25) is 0 Å². The Morgan fingerprint density at radius 1 is 1.47 bits per heavy atom. The Morgan fingerprint density at radius 2 is 2.32 bits per heavy atom. The standard InChI is InChI=1S/C12H12N6O/c13-5-9-1-2-11(16-6-9)12(19)15-3-4-18-8-10(14)7-17-18/h1-2,6-8H,3-4,14H2,(H,15,19). The zero-order valence-electron chi connectivity index (χ0n) is 10.1. The van der Waals surface area contributed by atoms with E-state index in [1.54, 1.807) is 23.1 Å². The van der Waals surface area contributed by atoms with Crippen LogP contribution in [-0.4, -0.2) is 27.2 Å². The monoisotopic (exact) mass is 256 g/mol. The second kappa shape index (κ2) is 5.64. The van der Waals surface area contributed by atoms with Crippen LogP contribution in [0, 0.1) is 11.3 Å². The highest BCUT2D eigenvalue weighted by Crippen LogP contribution is 1.99. The third-order valence-electron chi connectivity index (χ3n) is 2.40. The number of carbonyl (C=O) groups is 1. The maximum absolute atomic E-state index is 11.7. The Bertz CT molecular complexity index is 610. The van der Waals surface area contributed by atoms with Crippen LogP contribution < -0.4 is 11.1 Å². The number of nitriles is 1. The van der Waals surface area contributed by atoms with Gasteiger partial charge in [-0.25, -0.2) is 4.98 Å². The smallest absolute Gasteiger partial charge is 0.269 e. The van der Waals surface area contributed by atoms with Gasteiger partial charge in [0.05, 0.1) is 24.0 Å². The van der Waals surface area contributed by atoms with Crippen molar-refractivity contribution in [3.63, 3.8) is 0 Å². The lowest BCUT2D eigenvalue weighted by Gasteiger charge is -2.04. The lowest BCUT2D eigenvalue weighted by Crippen LogP contribution is -2.28. The van der Waals surface area contributed by atoms with E-state index in [1.165, 1.54) is 12.3 Å². The number of rotatable bonds is 4. The quantitative estimate of drug-likeness (QED) is 0.809. The summed E-state index contributed by atoms with van der Waals surface area (Å²) in [5.74, 6) is -0.287. The molecule has 19 heavy (non-hydrogen) atoms. The van der Waals surface area contributed by atoms with Crippen molar-refractivity contribution >= 4 is 11.6 Å². The minimum Gasteiger partial charge on any atom is -0.396 e. The first-order valence-electron chi connectivity index (χ1n) is 5.61. The molecule has 3 N–H and O–H groups in total. The van der Waals surface area contributed by atoms with Crippen LogP contribution in [-0.2, 0) is 6.54 Å². The summed E-state index contributed by atoms with van der Waals surface area (Å²) in [6.07, 6.45) is 4.60. The Labute approximate surface area is 109 Å². The molecule has 0 aliphatic rings. The molecule has 2 aromatic heterocycles. The molecule has 0 aromatic carbocycles. The van der Waals surface area contributed by atoms with E-state index in [0.29, 0.717) is 24.3 Å². The SMILES string of the molecule is N#Cc1ccc(C(=O)NCCn2cc(N)cn2)nc1. The summed E-state index contributed by atoms with van der Waals surface area (Å²) in [4.78, 5) is 15.6. The van der Waals surface area contributed by atoms with Gasteiger partial charge in [-0.3, -0.25) is 9.48 Å². The molecular weight excluding hydrogens is 244 g/mol. The van der Waals surface area contributed by atoms with Crippen molar-refractivity contribution in [2.24, 2.45) is 0 Å². The minimum absolute atomic E-state index is 0.277. The topological polar surface area (TPSA) is 110 Å². The van der Waals surface area contributed by atoms with Crippen molar-refractivity contribution < 1.29 is 4.79 Å². The van der Waals surface area contributed by atoms with E-state index in [2.05, 4.69) is 15.4 Å². The van der Waals surface area contributed by atoms with E-state index in [1.807, 2.05) is 6.07 Å². The highest BCUT2D eigenvalue weighted by Gasteiger charge is 2.06. The third-order valence-corrected chi connectivity index (χ3v) is 2.40. The normalized spacial score (nSPS) is 9.84. The van der Waals surface area contributed by atoms with Gasteiger partial charge in [-0.05, 0) is 12.1 Å². The highest BCUT2D eigenvalue weighted by molar-refractivity contribution is 5.92. The molecule has 0 aliphatic heterocycles. The number of pyridine rings is 1. The number of nitrogens with zero attached hydrogens (tertiary/aromatic N) is 4. The fourth-order valence-electron chi connectivity index (χ4n) is 1.47. The van der Waals surface area contributed by atoms with Crippen LogP contribution in [0.25, 0.3) is 0 Å². The van der Waals surface area contributed by atoms with E-state index < -0.39 is 0 Å². The molecule has 0 atom stereocenters. The number of carbonyl (C=O) groups excluding carboxylic acids is 1. The number of hydrogen-bond donors (Lipinski definition) is 2. The van der Waals surface area contributed by atoms with E-state index in [0.717, 1.165) is 0 Å². The second-order valence-electron chi connectivity index (χ2n) is 3.84. The lowest BCUT2D eigenvalue weighted by molar-refractivity contribution is 0.0947. The summed E-state index contributed by atoms with van der Waals surface area (Å²) in [6.45, 7) is 0.945. The van der Waals surface area contributed by atoms with Crippen LogP contribution >= 0.6 is 0 Å². The van der Waals surface area contributed by atoms with Crippen LogP contribution in [0.1, 0.15) is 16.1 Å². The fourth-order valence-corrected chi connectivity index (χ4v) is 1.47. The molecule has 0 radical (unpaired) electrons. The predicted octanol–water partition coefficient (Wildman–Crippen LogP) is 0.162. The molecule has 1 amide bonds. The van der Waals surface area contributed by atoms with Gasteiger partial charge in [0.1, 0.15) is 11.8 Å². The molecule has 2 rings (SSSR count). The molecule has 7 heteroatoms. The summed E-state index contributed by atoms with van der Waals surface area (Å²) in [5, 5.41) is 15.3. The highest BCUT2D eigenvalue weighted by atomic mass is 16.1. The van der Waals surface area contributed by atoms with E-state index in [9.17, 15) is 4.79 Å². The molecule has 7 nitrogen and oxygen atoms in total. The molecule has 0 fully saturated rings. The first-order valence-corrected chi connectivity index (χ1v) is 5.61. The van der Waals surface area contributed by atoms with Gasteiger partial charge in [-0.15, -0.1) is 0 Å². The predicted molar refractivity (Wildman–Crippen MR) is 67.9 cm³/mol. The number of amides is 1. The molecule has 96 valence electrons. The van der Waals surface area contributed by atoms with E-state index >= 15 is 0 Å². The van der Waals surface area contributed by atoms with Crippen molar-refractivity contribution in [2.75, 3.05) is 12.3 Å². The van der Waals surface area contributed by atoms with Crippen molar-refractivity contribution in [1.29, 1.82) is 5.26 Å². The van der Waals surface area contributed by atoms with Crippen LogP contribution in [0.15, 0.2) is 30.7 Å². The van der Waals surface area contributed by atoms with Crippen LogP contribution in [0.2, 0.25) is 0 Å². The molecule has 0 unspecified atom stereocenters. The van der Waals surface area contributed by atoms with Crippen LogP contribution in [0.4, 0.5) is 5.69 Å². The summed E-state index contributed by atoms with van der Waals surface area (Å²) in [6, 6.07) is 5.01. The molecule has 0 saturated carbocycles. The van der Waals surface area contributed by atoms with Gasteiger partial charge < -0.3 is 11.1 Å². The Balaban J connectivity index is 1.85. The number of anilines is 1. The molecule has 0 bridgehead atoms. The van der Waals surface area contributed by atoms with Gasteiger partial charge in [-0.2, -0.15) is 10.4 Å². The third kappa shape index (κ3) is 3.29. The fraction of sp³-hybridized carbons (Fsp3) is 0.167. The molecule has 0 spiro atoms. The van der Waals surface area contributed by atoms with Crippen molar-refractivity contribution in [2.45, 2.75) is 6.54 Å². The molecule has 0 aliphatic carbocycles. The van der Waals surface area contributed by atoms with Crippen LogP contribution in [0.5, 0.6) is 0 Å². The second-order valence-corrected chi connectivity index (χ2v) is 3.84. The first kappa shape index (κ1) is 12.6. The number of hydrogen-bond acceptors (Lipinski definition) is 5. The summed E-state index contributed by atoms with van der Waals surface area (Å²) < 4.78 is 1.64. The van der Waals surface area contributed by atoms with Gasteiger partial charge in [0.25, 0.3) is 5.91 Å². The molecule has 2 aromatic rings. The first-order chi connectivity index (χ1) is 9.19. The average molecular weight is 256 g/mol. The molecular formula is C12H12N6O. The van der Waals surface area contributed by atoms with Crippen molar-refractivity contribution in [3.8, 4) is 6.07 Å². The number of aromatic nitrogens is 3. The molecule has 0 saturated heterocycles. The maximum Gasteiger partial charge on any atom is 0.269 e. The Hall–Kier alpha value is -2.88. The number of nitrogens with two attached hydrogens (primary N) is 1. The zero-order chi connectivity index (χ0) is 13.7. The van der Waals surface area contributed by atoms with Gasteiger partial charge in [0, 0.05) is 18.9 Å². The summed E-state index contributed by atoms with van der Waals surface area (Å²) in [5.41, 5.74) is 6.80. The van der Waals surface area contributed by atoms with Gasteiger partial charge in [0.15, 0.2) is 0 Å². The largest absolute Gasteiger partial charge is 0.396 e. The van der Waals surface area contributed by atoms with Crippen molar-refractivity contribution in [3.05, 3.63) is 42.0 Å². The maximum atomic E-state index is 11.7.